The van der Waals surface area contributed by atoms with Crippen molar-refractivity contribution in [3.8, 4) is 0 Å². The van der Waals surface area contributed by atoms with E-state index >= 15 is 0 Å². The molecule has 0 aromatic carbocycles. The first-order valence-corrected chi connectivity index (χ1v) is 9.68. The Morgan fingerprint density at radius 3 is 1.87 bits per heavy atom. The first-order valence-electron chi connectivity index (χ1n) is 8.34. The standard InChI is InChI=1S/C15H32O6S.Mg.2H/c1-2-3-4-5-6-7-8-9-10-11-12-20-22(18,19)21-14-15(17)13-16;;;/h15-17H,2-14H2,1H3;;;/q;+2;2*-1. The Morgan fingerprint density at radius 1 is 0.913 bits per heavy atom. The van der Waals surface area contributed by atoms with Gasteiger partial charge < -0.3 is 13.1 Å². The molecule has 6 nitrogen and oxygen atoms in total. The van der Waals surface area contributed by atoms with Crippen molar-refractivity contribution in [3.63, 3.8) is 0 Å². The summed E-state index contributed by atoms with van der Waals surface area (Å²) in [6, 6.07) is 0. The van der Waals surface area contributed by atoms with E-state index in [1.807, 2.05) is 0 Å². The molecule has 0 aliphatic heterocycles. The van der Waals surface area contributed by atoms with Gasteiger partial charge >= 0.3 is 33.5 Å². The molecule has 0 radical (unpaired) electrons. The van der Waals surface area contributed by atoms with E-state index in [1.54, 1.807) is 0 Å². The Morgan fingerprint density at radius 2 is 1.39 bits per heavy atom. The summed E-state index contributed by atoms with van der Waals surface area (Å²) in [5, 5.41) is 17.5. The van der Waals surface area contributed by atoms with Gasteiger partial charge in [-0.2, -0.15) is 8.42 Å². The minimum atomic E-state index is -4.07. The Bertz CT molecular complexity index is 347. The van der Waals surface area contributed by atoms with Crippen LogP contribution in [0.5, 0.6) is 0 Å². The molecule has 1 atom stereocenters. The van der Waals surface area contributed by atoms with Crippen molar-refractivity contribution in [2.75, 3.05) is 19.8 Å². The number of aliphatic hydroxyl groups is 2. The van der Waals surface area contributed by atoms with E-state index < -0.39 is 29.7 Å². The van der Waals surface area contributed by atoms with Gasteiger partial charge in [-0.1, -0.05) is 64.7 Å². The topological polar surface area (TPSA) is 93.1 Å². The number of hydrogen-bond donors (Lipinski definition) is 2. The third kappa shape index (κ3) is 18.7. The molecule has 0 bridgehead atoms. The number of hydrogen-bond acceptors (Lipinski definition) is 6. The molecule has 2 N–H and O–H groups in total. The summed E-state index contributed by atoms with van der Waals surface area (Å²) in [5.41, 5.74) is 0. The van der Waals surface area contributed by atoms with Gasteiger partial charge in [-0.25, -0.2) is 8.37 Å². The molecule has 1 unspecified atom stereocenters. The Labute approximate surface area is 160 Å². The maximum atomic E-state index is 11.3. The Kier molecular flexibility index (Phi) is 19.5. The van der Waals surface area contributed by atoms with Crippen molar-refractivity contribution in [1.29, 1.82) is 0 Å². The van der Waals surface area contributed by atoms with Crippen molar-refractivity contribution >= 4 is 33.5 Å². The molecule has 0 saturated carbocycles. The van der Waals surface area contributed by atoms with Crippen molar-refractivity contribution in [2.24, 2.45) is 0 Å². The molecule has 138 valence electrons. The van der Waals surface area contributed by atoms with Gasteiger partial charge in [-0.3, -0.25) is 0 Å². The fourth-order valence-corrected chi connectivity index (χ4v) is 2.71. The summed E-state index contributed by atoms with van der Waals surface area (Å²) in [5.74, 6) is 0. The first-order chi connectivity index (χ1) is 10.5. The molecule has 23 heavy (non-hydrogen) atoms. The van der Waals surface area contributed by atoms with Gasteiger partial charge in [0.15, 0.2) is 0 Å². The van der Waals surface area contributed by atoms with Gasteiger partial charge in [0.05, 0.1) is 19.8 Å². The molecule has 0 aliphatic carbocycles. The van der Waals surface area contributed by atoms with Gasteiger partial charge in [-0.15, -0.1) is 0 Å². The van der Waals surface area contributed by atoms with Crippen LogP contribution >= 0.6 is 0 Å². The van der Waals surface area contributed by atoms with Crippen LogP contribution in [0.25, 0.3) is 0 Å². The average Bonchev–Trinajstić information content (AvgIpc) is 2.50. The van der Waals surface area contributed by atoms with E-state index in [1.165, 1.54) is 44.9 Å². The molecular formula is C15H34MgO6S. The Balaban J connectivity index is -0.000000735. The zero-order valence-electron chi connectivity index (χ0n) is 16.4. The molecule has 0 rings (SSSR count). The van der Waals surface area contributed by atoms with Crippen LogP contribution < -0.4 is 0 Å². The predicted octanol–water partition coefficient (Wildman–Crippen LogP) is 2.38. The summed E-state index contributed by atoms with van der Waals surface area (Å²) in [4.78, 5) is 0. The fourth-order valence-electron chi connectivity index (χ4n) is 2.00. The first kappa shape index (κ1) is 25.8. The van der Waals surface area contributed by atoms with E-state index in [0.29, 0.717) is 6.42 Å². The molecule has 0 aliphatic rings. The quantitative estimate of drug-likeness (QED) is 0.322. The van der Waals surface area contributed by atoms with Crippen LogP contribution in [0.1, 0.15) is 74.0 Å². The fraction of sp³-hybridized carbons (Fsp3) is 1.00. The molecule has 0 aromatic rings. The second kappa shape index (κ2) is 17.4. The summed E-state index contributed by atoms with van der Waals surface area (Å²) in [6.45, 7) is 1.26. The van der Waals surface area contributed by atoms with Crippen LogP contribution in [0.2, 0.25) is 0 Å². The zero-order chi connectivity index (χ0) is 16.7. The smallest absolute Gasteiger partial charge is 1.00 e. The second-order valence-electron chi connectivity index (χ2n) is 5.53. The summed E-state index contributed by atoms with van der Waals surface area (Å²) >= 11 is 0. The van der Waals surface area contributed by atoms with E-state index in [9.17, 15) is 8.42 Å². The largest absolute Gasteiger partial charge is 2.00 e. The molecule has 0 spiro atoms. The zero-order valence-corrected chi connectivity index (χ0v) is 16.6. The third-order valence-electron chi connectivity index (χ3n) is 3.34. The second-order valence-corrected chi connectivity index (χ2v) is 6.82. The maximum Gasteiger partial charge on any atom is 2.00 e. The predicted molar refractivity (Wildman–Crippen MR) is 93.7 cm³/mol. The van der Waals surface area contributed by atoms with E-state index in [2.05, 4.69) is 15.3 Å². The molecule has 0 saturated heterocycles. The molecule has 0 amide bonds. The molecular weight excluding hydrogens is 333 g/mol. The summed E-state index contributed by atoms with van der Waals surface area (Å²) in [6.07, 6.45) is 10.4. The molecule has 0 heterocycles. The van der Waals surface area contributed by atoms with E-state index in [0.717, 1.165) is 12.8 Å². The number of unbranched alkanes of at least 4 members (excludes halogenated alkanes) is 9. The normalized spacial score (nSPS) is 12.8. The van der Waals surface area contributed by atoms with Gasteiger partial charge in [-0.05, 0) is 6.42 Å². The summed E-state index contributed by atoms with van der Waals surface area (Å²) in [7, 11) is -4.07. The van der Waals surface area contributed by atoms with Crippen LogP contribution in [0.15, 0.2) is 0 Å². The molecule has 0 fully saturated rings. The monoisotopic (exact) mass is 366 g/mol. The van der Waals surface area contributed by atoms with E-state index in [4.69, 9.17) is 10.2 Å². The summed E-state index contributed by atoms with van der Waals surface area (Å²) < 4.78 is 31.6. The van der Waals surface area contributed by atoms with Gasteiger partial charge in [0.2, 0.25) is 0 Å². The third-order valence-corrected chi connectivity index (χ3v) is 4.22. The van der Waals surface area contributed by atoms with Crippen LogP contribution in [-0.2, 0) is 18.8 Å². The van der Waals surface area contributed by atoms with Crippen molar-refractivity contribution in [2.45, 2.75) is 77.2 Å². The average molecular weight is 367 g/mol. The van der Waals surface area contributed by atoms with Crippen molar-refractivity contribution in [3.05, 3.63) is 0 Å². The van der Waals surface area contributed by atoms with Crippen LogP contribution in [0, 0.1) is 0 Å². The number of rotatable bonds is 16. The van der Waals surface area contributed by atoms with Crippen molar-refractivity contribution in [1.82, 2.24) is 0 Å². The van der Waals surface area contributed by atoms with Gasteiger partial charge in [0.1, 0.15) is 6.10 Å². The SMILES string of the molecule is CCCCCCCCCCCCOS(=O)(=O)OCC(O)CO.[H-].[H-].[Mg+2]. The number of aliphatic hydroxyl groups excluding tert-OH is 2. The van der Waals surface area contributed by atoms with E-state index in [-0.39, 0.29) is 32.5 Å². The van der Waals surface area contributed by atoms with Crippen LogP contribution in [-0.4, -0.2) is 67.6 Å². The van der Waals surface area contributed by atoms with Gasteiger partial charge in [0, 0.05) is 0 Å². The minimum absolute atomic E-state index is 0. The maximum absolute atomic E-state index is 11.3. The van der Waals surface area contributed by atoms with Crippen molar-refractivity contribution < 1.29 is 29.9 Å². The van der Waals surface area contributed by atoms with Crippen LogP contribution in [0.3, 0.4) is 0 Å². The van der Waals surface area contributed by atoms with Gasteiger partial charge in [0.25, 0.3) is 0 Å². The molecule has 0 aromatic heterocycles. The Hall–Kier alpha value is 0.556. The minimum Gasteiger partial charge on any atom is -1.00 e. The molecule has 8 heteroatoms. The van der Waals surface area contributed by atoms with Crippen LogP contribution in [0.4, 0.5) is 0 Å².